The molecule has 0 aromatic carbocycles. The third-order valence-corrected chi connectivity index (χ3v) is 21.5. The zero-order valence-corrected chi connectivity index (χ0v) is 53.6. The van der Waals surface area contributed by atoms with Crippen LogP contribution in [0.4, 0.5) is 0 Å². The summed E-state index contributed by atoms with van der Waals surface area (Å²) >= 11 is 1.99. The van der Waals surface area contributed by atoms with Gasteiger partial charge in [0.2, 0.25) is 0 Å². The molecule has 0 amide bonds. The van der Waals surface area contributed by atoms with Crippen molar-refractivity contribution in [3.63, 3.8) is 0 Å². The van der Waals surface area contributed by atoms with Crippen molar-refractivity contribution in [2.45, 2.75) is 97.8 Å². The lowest BCUT2D eigenvalue weighted by Crippen LogP contribution is -2.51. The van der Waals surface area contributed by atoms with Crippen LogP contribution in [0.5, 0.6) is 0 Å². The van der Waals surface area contributed by atoms with Gasteiger partial charge in [0.05, 0.1) is 9.21 Å². The molecule has 0 fully saturated rings. The van der Waals surface area contributed by atoms with Crippen LogP contribution in [0.2, 0.25) is 24.2 Å². The summed E-state index contributed by atoms with van der Waals surface area (Å²) in [6.45, 7) is 10.9. The van der Waals surface area contributed by atoms with Crippen LogP contribution in [-0.4, -0.2) is 188 Å². The van der Waals surface area contributed by atoms with Crippen molar-refractivity contribution in [3.8, 4) is 0 Å². The molecule has 0 rings (SSSR count). The van der Waals surface area contributed by atoms with Gasteiger partial charge in [-0.15, -0.1) is 0 Å². The lowest BCUT2D eigenvalue weighted by atomic mass is 10.5. The van der Waals surface area contributed by atoms with E-state index in [9.17, 15) is 27.9 Å². The van der Waals surface area contributed by atoms with Crippen LogP contribution in [0, 0.1) is 0 Å². The van der Waals surface area contributed by atoms with E-state index in [2.05, 4.69) is 20.3 Å². The molecule has 17 N–H and O–H groups in total. The number of aliphatic hydroxyl groups excluding tert-OH is 2. The summed E-state index contributed by atoms with van der Waals surface area (Å²) in [5.74, 6) is 0. The smallest absolute Gasteiger partial charge is 0.397 e. The summed E-state index contributed by atoms with van der Waals surface area (Å²) in [5.41, 5.74) is 0. The summed E-state index contributed by atoms with van der Waals surface area (Å²) in [7, 11) is -31.7. The van der Waals surface area contributed by atoms with Crippen LogP contribution in [0.3, 0.4) is 0 Å². The van der Waals surface area contributed by atoms with Gasteiger partial charge in [0.25, 0.3) is 0 Å². The van der Waals surface area contributed by atoms with Crippen LogP contribution in [0.15, 0.2) is 0 Å². The fraction of sp³-hybridized carbons (Fsp3) is 1.00. The minimum Gasteiger partial charge on any atom is -0.397 e. The number of hydrogen-bond acceptors (Lipinski definition) is 19. The van der Waals surface area contributed by atoms with Crippen molar-refractivity contribution in [2.24, 2.45) is 0 Å². The molecule has 0 heterocycles. The van der Waals surface area contributed by atoms with Gasteiger partial charge in [0.15, 0.2) is 6.79 Å². The van der Waals surface area contributed by atoms with E-state index in [4.69, 9.17) is 102 Å². The van der Waals surface area contributed by atoms with Crippen LogP contribution in [0.1, 0.15) is 73.6 Å². The molecule has 0 spiro atoms. The molecular weight excluding hydrogens is 1290 g/mol. The van der Waals surface area contributed by atoms with E-state index in [1.807, 2.05) is 40.1 Å². The van der Waals surface area contributed by atoms with Crippen molar-refractivity contribution in [2.75, 3.05) is 92.9 Å². The molecular formula is C29H83IN5O28P5SSi4. The fourth-order valence-electron chi connectivity index (χ4n) is 4.86. The monoisotopic (exact) mass is 1380 g/mol. The summed E-state index contributed by atoms with van der Waals surface area (Å²) in [4.78, 5) is 87.7. The number of aliphatic hydroxyl groups is 2. The third kappa shape index (κ3) is 61.4. The maximum atomic E-state index is 11.2. The Morgan fingerprint density at radius 3 is 1.08 bits per heavy atom. The van der Waals surface area contributed by atoms with Crippen LogP contribution in [-0.2, 0) is 71.3 Å². The van der Waals surface area contributed by atoms with Crippen molar-refractivity contribution in [3.05, 3.63) is 0 Å². The van der Waals surface area contributed by atoms with E-state index in [0.717, 1.165) is 6.42 Å². The largest absolute Gasteiger partial charge is 0.504 e. The highest BCUT2D eigenvalue weighted by molar-refractivity contribution is 14.2. The SMILES string of the molecule is CCCNP(=O)(O)O.CCO.CCO[SiH](CCCNP(=O)(O)O)OCOSI.CCO[SiH](CCCNP(=O)(O)O)OCO[Si](CCCNP(=O)(O)O)(OCC)OCO[Si](CCCNP(=O)(O)O)(OCC)OCO. The predicted molar refractivity (Wildman–Crippen MR) is 284 cm³/mol. The van der Waals surface area contributed by atoms with Gasteiger partial charge in [-0.2, -0.15) is 0 Å². The lowest BCUT2D eigenvalue weighted by molar-refractivity contribution is -0.0640. The van der Waals surface area contributed by atoms with E-state index in [1.165, 1.54) is 9.21 Å². The van der Waals surface area contributed by atoms with E-state index in [-0.39, 0.29) is 84.5 Å². The van der Waals surface area contributed by atoms with Crippen molar-refractivity contribution in [1.82, 2.24) is 25.4 Å². The average molecular weight is 1380 g/mol. The molecule has 4 atom stereocenters. The summed E-state index contributed by atoms with van der Waals surface area (Å²) in [5, 5.41) is 27.5. The van der Waals surface area contributed by atoms with Crippen LogP contribution < -0.4 is 25.4 Å². The maximum Gasteiger partial charge on any atom is 0.504 e. The van der Waals surface area contributed by atoms with Crippen LogP contribution >= 0.6 is 69.2 Å². The highest BCUT2D eigenvalue weighted by atomic mass is 127. The van der Waals surface area contributed by atoms with Gasteiger partial charge >= 0.3 is 74.9 Å². The summed E-state index contributed by atoms with van der Waals surface area (Å²) in [6, 6.07) is 1.18. The Morgan fingerprint density at radius 1 is 0.452 bits per heavy atom. The van der Waals surface area contributed by atoms with Gasteiger partial charge < -0.3 is 103 Å². The van der Waals surface area contributed by atoms with Gasteiger partial charge in [-0.05, 0) is 78.8 Å². The molecule has 0 aliphatic heterocycles. The Balaban J connectivity index is -0.000000688. The molecule has 4 unspecified atom stereocenters. The minimum absolute atomic E-state index is 0.0342. The summed E-state index contributed by atoms with van der Waals surface area (Å²) < 4.78 is 116. The maximum absolute atomic E-state index is 11.2. The quantitative estimate of drug-likeness (QED) is 0.00998. The van der Waals surface area contributed by atoms with Gasteiger partial charge in [0.1, 0.15) is 20.4 Å². The molecule has 0 aromatic heterocycles. The number of hydrogen-bond donors (Lipinski definition) is 17. The molecule has 0 saturated heterocycles. The lowest BCUT2D eigenvalue weighted by Gasteiger charge is -2.33. The molecule has 0 saturated carbocycles. The first-order valence-electron chi connectivity index (χ1n) is 22.4. The molecule has 0 aliphatic rings. The Hall–Kier alpha value is 1.98. The molecule has 0 radical (unpaired) electrons. The highest BCUT2D eigenvalue weighted by Crippen LogP contribution is 2.31. The molecule has 446 valence electrons. The zero-order chi connectivity index (χ0) is 56.9. The van der Waals surface area contributed by atoms with Crippen LogP contribution in [0.25, 0.3) is 0 Å². The predicted octanol–water partition coefficient (Wildman–Crippen LogP) is 0.741. The molecule has 44 heteroatoms. The van der Waals surface area contributed by atoms with Crippen molar-refractivity contribution < 1.29 is 130 Å². The Kier molecular flexibility index (Phi) is 54.3. The standard InChI is InChI=1S/C18H50N3O18P3Si3.C6H17INO6PSSi.C3H10NO3P.C2H6O/c1-4-32-43(13-7-10-19-40(23,24)25)33-17-37-45(35-6-3,15-9-12-21-42(29,30)31)39-18-38-44(34-5-2,36-16-22)14-8-11-20-41(26,27)28;1-2-13-17(14-6-12-16-7)5-3-4-8-15(9,10)11;1-2-3-4-8(5,6)7;1-2-3/h22,43H,4-18H2,1-3H3,(H3,19,23,24,25)(H3,20,26,27,28)(H3,21,29,30,31);17H,2-6H2,1H3,(H3,8,9,10,11);2-3H2,1H3,(H3,4,5,6,7);3H,2H2,1H3. The van der Waals surface area contributed by atoms with Crippen molar-refractivity contribution >= 4 is 105 Å². The minimum atomic E-state index is -4.49. The summed E-state index contributed by atoms with van der Waals surface area (Å²) in [6.07, 6.45) is 1.97. The second-order valence-corrected chi connectivity index (χ2v) is 31.8. The van der Waals surface area contributed by atoms with Gasteiger partial charge in [-0.3, -0.25) is 4.18 Å². The second kappa shape index (κ2) is 48.7. The van der Waals surface area contributed by atoms with Gasteiger partial charge in [0, 0.05) is 99.1 Å². The first kappa shape index (κ1) is 81.4. The Morgan fingerprint density at radius 2 is 0.781 bits per heavy atom. The Labute approximate surface area is 449 Å². The molecule has 0 aliphatic carbocycles. The number of nitrogens with one attached hydrogen (secondary N) is 5. The van der Waals surface area contributed by atoms with E-state index < -0.39 is 88.5 Å². The number of rotatable bonds is 45. The average Bonchev–Trinajstić information content (AvgIpc) is 3.26. The third-order valence-electron chi connectivity index (χ3n) is 7.55. The fourth-order valence-corrected chi connectivity index (χ4v) is 15.4. The van der Waals surface area contributed by atoms with E-state index >= 15 is 0 Å². The van der Waals surface area contributed by atoms with E-state index in [1.54, 1.807) is 27.7 Å². The first-order chi connectivity index (χ1) is 33.9. The molecule has 0 bridgehead atoms. The topological polar surface area (TPSA) is 490 Å². The second-order valence-electron chi connectivity index (χ2n) is 13.6. The highest BCUT2D eigenvalue weighted by Gasteiger charge is 2.45. The molecule has 0 aromatic rings. The normalized spacial score (nSPS) is 14.9. The van der Waals surface area contributed by atoms with Gasteiger partial charge in [-0.25, -0.2) is 48.3 Å². The Bertz CT molecular complexity index is 1540. The van der Waals surface area contributed by atoms with Gasteiger partial charge in [-0.1, -0.05) is 6.92 Å². The number of halogens is 1. The molecule has 73 heavy (non-hydrogen) atoms. The molecule has 33 nitrogen and oxygen atoms in total. The van der Waals surface area contributed by atoms with E-state index in [0.29, 0.717) is 44.7 Å². The zero-order valence-electron chi connectivity index (χ0n) is 41.8. The first-order valence-corrected chi connectivity index (χ1v) is 41.1. The van der Waals surface area contributed by atoms with Crippen molar-refractivity contribution in [1.29, 1.82) is 0 Å².